The zero-order valence-corrected chi connectivity index (χ0v) is 8.53. The van der Waals surface area contributed by atoms with Gasteiger partial charge in [0.2, 0.25) is 0 Å². The first kappa shape index (κ1) is 10.9. The highest BCUT2D eigenvalue weighted by atomic mass is 16.5. The topological polar surface area (TPSA) is 47.7 Å². The largest absolute Gasteiger partial charge is 0.382 e. The molecule has 2 N–H and O–H groups in total. The molecule has 0 aromatic carbocycles. The highest BCUT2D eigenvalue weighted by molar-refractivity contribution is 4.79. The molecule has 0 saturated carbocycles. The summed E-state index contributed by atoms with van der Waals surface area (Å²) in [7, 11) is 3.42. The van der Waals surface area contributed by atoms with Crippen LogP contribution in [-0.4, -0.2) is 57.5 Å². The van der Waals surface area contributed by atoms with Gasteiger partial charge in [-0.15, -0.1) is 0 Å². The minimum atomic E-state index is 0.176. The van der Waals surface area contributed by atoms with Crippen LogP contribution >= 0.6 is 0 Å². The molecule has 1 aliphatic heterocycles. The lowest BCUT2D eigenvalue weighted by molar-refractivity contribution is 0.00989. The minimum Gasteiger partial charge on any atom is -0.382 e. The van der Waals surface area contributed by atoms with Crippen molar-refractivity contribution in [3.05, 3.63) is 0 Å². The predicted octanol–water partition coefficient (Wildman–Crippen LogP) is -0.319. The molecule has 0 radical (unpaired) electrons. The number of likely N-dealkylation sites (tertiary alicyclic amines) is 1. The van der Waals surface area contributed by atoms with Gasteiger partial charge in [-0.05, 0) is 13.0 Å². The maximum Gasteiger partial charge on any atom is 0.0931 e. The average Bonchev–Trinajstić information content (AvgIpc) is 2.50. The molecule has 1 heterocycles. The molecule has 0 bridgehead atoms. The van der Waals surface area contributed by atoms with Crippen LogP contribution in [0.5, 0.6) is 0 Å². The van der Waals surface area contributed by atoms with Gasteiger partial charge in [0.25, 0.3) is 0 Å². The summed E-state index contributed by atoms with van der Waals surface area (Å²) in [6.07, 6.45) is 1.28. The number of hydrogen-bond donors (Lipinski definition) is 1. The quantitative estimate of drug-likeness (QED) is 0.642. The number of rotatable bonds is 5. The Labute approximate surface area is 80.0 Å². The molecule has 0 spiro atoms. The molecule has 0 aromatic rings. The molecule has 13 heavy (non-hydrogen) atoms. The molecule has 1 aliphatic rings. The summed E-state index contributed by atoms with van der Waals surface area (Å²) >= 11 is 0. The molecule has 0 aromatic heterocycles. The molecule has 1 rings (SSSR count). The highest BCUT2D eigenvalue weighted by Gasteiger charge is 2.21. The van der Waals surface area contributed by atoms with Crippen molar-refractivity contribution in [2.75, 3.05) is 40.5 Å². The fourth-order valence-corrected chi connectivity index (χ4v) is 1.70. The van der Waals surface area contributed by atoms with Gasteiger partial charge >= 0.3 is 0 Å². The van der Waals surface area contributed by atoms with Crippen molar-refractivity contribution < 1.29 is 9.47 Å². The molecule has 2 atom stereocenters. The summed E-state index contributed by atoms with van der Waals surface area (Å²) in [5, 5.41) is 0. The second-order valence-corrected chi connectivity index (χ2v) is 3.62. The van der Waals surface area contributed by atoms with Gasteiger partial charge < -0.3 is 15.2 Å². The Kier molecular flexibility index (Phi) is 4.66. The van der Waals surface area contributed by atoms with Crippen molar-refractivity contribution in [1.82, 2.24) is 4.90 Å². The Morgan fingerprint density at radius 1 is 1.54 bits per heavy atom. The third kappa shape index (κ3) is 3.60. The van der Waals surface area contributed by atoms with Gasteiger partial charge in [-0.25, -0.2) is 0 Å². The van der Waals surface area contributed by atoms with Gasteiger partial charge in [-0.3, -0.25) is 4.90 Å². The summed E-state index contributed by atoms with van der Waals surface area (Å²) in [4.78, 5) is 2.33. The van der Waals surface area contributed by atoms with E-state index in [4.69, 9.17) is 15.2 Å². The van der Waals surface area contributed by atoms with E-state index in [1.54, 1.807) is 14.2 Å². The number of ether oxygens (including phenoxy) is 2. The summed E-state index contributed by atoms with van der Waals surface area (Å²) < 4.78 is 10.3. The molecule has 78 valence electrons. The minimum absolute atomic E-state index is 0.176. The maximum absolute atomic E-state index is 5.80. The molecule has 0 aliphatic carbocycles. The zero-order valence-electron chi connectivity index (χ0n) is 8.53. The van der Waals surface area contributed by atoms with Gasteiger partial charge in [0.05, 0.1) is 12.7 Å². The van der Waals surface area contributed by atoms with E-state index in [0.29, 0.717) is 12.6 Å². The van der Waals surface area contributed by atoms with Crippen LogP contribution in [-0.2, 0) is 9.47 Å². The van der Waals surface area contributed by atoms with Crippen LogP contribution < -0.4 is 5.73 Å². The van der Waals surface area contributed by atoms with Crippen LogP contribution in [0.1, 0.15) is 6.42 Å². The first-order chi connectivity index (χ1) is 6.26. The van der Waals surface area contributed by atoms with E-state index < -0.39 is 0 Å². The van der Waals surface area contributed by atoms with E-state index in [1.165, 1.54) is 0 Å². The van der Waals surface area contributed by atoms with Gasteiger partial charge in [-0.1, -0.05) is 0 Å². The number of methoxy groups -OCH3 is 2. The zero-order chi connectivity index (χ0) is 9.68. The van der Waals surface area contributed by atoms with Crippen molar-refractivity contribution in [2.24, 2.45) is 5.73 Å². The monoisotopic (exact) mass is 188 g/mol. The Hall–Kier alpha value is -0.160. The summed E-state index contributed by atoms with van der Waals surface area (Å²) in [6, 6.07) is 0.347. The molecule has 1 fully saturated rings. The van der Waals surface area contributed by atoms with Crippen molar-refractivity contribution in [1.29, 1.82) is 0 Å². The van der Waals surface area contributed by atoms with Crippen LogP contribution in [0, 0.1) is 0 Å². The first-order valence-corrected chi connectivity index (χ1v) is 4.76. The van der Waals surface area contributed by atoms with Crippen LogP contribution in [0.3, 0.4) is 0 Å². The molecule has 4 nitrogen and oxygen atoms in total. The Bertz CT molecular complexity index is 142. The molecule has 2 unspecified atom stereocenters. The number of nitrogens with zero attached hydrogens (tertiary/aromatic N) is 1. The van der Waals surface area contributed by atoms with Gasteiger partial charge in [0.15, 0.2) is 0 Å². The third-order valence-electron chi connectivity index (χ3n) is 2.46. The van der Waals surface area contributed by atoms with Crippen molar-refractivity contribution in [2.45, 2.75) is 18.6 Å². The molecular formula is C9H20N2O2. The number of hydrogen-bond acceptors (Lipinski definition) is 4. The summed E-state index contributed by atoms with van der Waals surface area (Å²) in [6.45, 7) is 3.66. The first-order valence-electron chi connectivity index (χ1n) is 4.76. The number of nitrogens with two attached hydrogens (primary N) is 1. The molecule has 0 amide bonds. The highest BCUT2D eigenvalue weighted by Crippen LogP contribution is 2.08. The lowest BCUT2D eigenvalue weighted by atomic mass is 10.3. The lowest BCUT2D eigenvalue weighted by Gasteiger charge is -2.21. The van der Waals surface area contributed by atoms with Crippen LogP contribution in [0.15, 0.2) is 0 Å². The predicted molar refractivity (Wildman–Crippen MR) is 51.7 cm³/mol. The van der Waals surface area contributed by atoms with Crippen LogP contribution in [0.25, 0.3) is 0 Å². The second kappa shape index (κ2) is 5.54. The van der Waals surface area contributed by atoms with E-state index in [1.807, 2.05) is 0 Å². The molecular weight excluding hydrogens is 168 g/mol. The van der Waals surface area contributed by atoms with Crippen molar-refractivity contribution in [3.63, 3.8) is 0 Å². The lowest BCUT2D eigenvalue weighted by Crippen LogP contribution is -2.36. The van der Waals surface area contributed by atoms with Crippen LogP contribution in [0.4, 0.5) is 0 Å². The van der Waals surface area contributed by atoms with E-state index in [0.717, 1.165) is 26.1 Å². The van der Waals surface area contributed by atoms with E-state index >= 15 is 0 Å². The third-order valence-corrected chi connectivity index (χ3v) is 2.46. The Morgan fingerprint density at radius 3 is 2.77 bits per heavy atom. The SMILES string of the molecule is COCC(CN1CCC(N)C1)OC. The standard InChI is InChI=1S/C9H20N2O2/c1-12-7-9(13-2)6-11-4-3-8(10)5-11/h8-9H,3-7,10H2,1-2H3. The normalized spacial score (nSPS) is 26.5. The molecule has 4 heteroatoms. The Morgan fingerprint density at radius 2 is 2.31 bits per heavy atom. The fourth-order valence-electron chi connectivity index (χ4n) is 1.70. The van der Waals surface area contributed by atoms with Crippen LogP contribution in [0.2, 0.25) is 0 Å². The second-order valence-electron chi connectivity index (χ2n) is 3.62. The van der Waals surface area contributed by atoms with Gasteiger partial charge in [0, 0.05) is 33.4 Å². The Balaban J connectivity index is 2.21. The van der Waals surface area contributed by atoms with E-state index in [-0.39, 0.29) is 6.10 Å². The van der Waals surface area contributed by atoms with Crippen molar-refractivity contribution >= 4 is 0 Å². The molecule has 1 saturated heterocycles. The van der Waals surface area contributed by atoms with E-state index in [9.17, 15) is 0 Å². The van der Waals surface area contributed by atoms with Crippen molar-refractivity contribution in [3.8, 4) is 0 Å². The maximum atomic E-state index is 5.80. The van der Waals surface area contributed by atoms with E-state index in [2.05, 4.69) is 4.90 Å². The average molecular weight is 188 g/mol. The fraction of sp³-hybridized carbons (Fsp3) is 1.00. The smallest absolute Gasteiger partial charge is 0.0931 e. The van der Waals surface area contributed by atoms with Gasteiger partial charge in [0.1, 0.15) is 0 Å². The van der Waals surface area contributed by atoms with Gasteiger partial charge in [-0.2, -0.15) is 0 Å². The summed E-state index contributed by atoms with van der Waals surface area (Å²) in [5.41, 5.74) is 5.80. The summed E-state index contributed by atoms with van der Waals surface area (Å²) in [5.74, 6) is 0.